The molecule has 0 spiro atoms. The summed E-state index contributed by atoms with van der Waals surface area (Å²) in [5, 5.41) is 2.81. The van der Waals surface area contributed by atoms with E-state index in [4.69, 9.17) is 9.47 Å². The number of anilines is 2. The van der Waals surface area contributed by atoms with Gasteiger partial charge < -0.3 is 19.7 Å². The topological polar surface area (TPSA) is 67.9 Å². The van der Waals surface area contributed by atoms with Crippen LogP contribution in [0.1, 0.15) is 23.2 Å². The number of carbonyl (C=O) groups excluding carboxylic acids is 2. The lowest BCUT2D eigenvalue weighted by Crippen LogP contribution is -2.16. The fourth-order valence-corrected chi connectivity index (χ4v) is 2.65. The first-order valence-corrected chi connectivity index (χ1v) is 8.53. The zero-order valence-electron chi connectivity index (χ0n) is 15.0. The van der Waals surface area contributed by atoms with Crippen LogP contribution in [-0.2, 0) is 4.79 Å². The molecule has 0 bridgehead atoms. The van der Waals surface area contributed by atoms with Crippen molar-refractivity contribution in [1.29, 1.82) is 0 Å². The molecule has 0 fully saturated rings. The summed E-state index contributed by atoms with van der Waals surface area (Å²) < 4.78 is 10.9. The van der Waals surface area contributed by atoms with Crippen molar-refractivity contribution in [3.05, 3.63) is 48.0 Å². The van der Waals surface area contributed by atoms with Crippen molar-refractivity contribution >= 4 is 23.1 Å². The van der Waals surface area contributed by atoms with E-state index in [9.17, 15) is 9.59 Å². The molecule has 2 aromatic carbocycles. The van der Waals surface area contributed by atoms with E-state index in [1.165, 1.54) is 0 Å². The highest BCUT2D eigenvalue weighted by atomic mass is 16.6. The van der Waals surface area contributed by atoms with Gasteiger partial charge in [0.25, 0.3) is 0 Å². The van der Waals surface area contributed by atoms with E-state index < -0.39 is 0 Å². The SMILES string of the molecule is CN(C)c1ccc(NC(=O)CCC(=O)c2ccc3c(c2)OCCO3)cc1. The molecule has 0 atom stereocenters. The van der Waals surface area contributed by atoms with Crippen molar-refractivity contribution in [2.45, 2.75) is 12.8 Å². The summed E-state index contributed by atoms with van der Waals surface area (Å²) >= 11 is 0. The van der Waals surface area contributed by atoms with E-state index >= 15 is 0 Å². The van der Waals surface area contributed by atoms with Crippen molar-refractivity contribution in [1.82, 2.24) is 0 Å². The highest BCUT2D eigenvalue weighted by Gasteiger charge is 2.16. The van der Waals surface area contributed by atoms with Crippen LogP contribution in [0.4, 0.5) is 11.4 Å². The molecule has 0 saturated carbocycles. The first-order valence-electron chi connectivity index (χ1n) is 8.53. The number of carbonyl (C=O) groups is 2. The second kappa shape index (κ2) is 7.91. The van der Waals surface area contributed by atoms with E-state index in [0.29, 0.717) is 36.0 Å². The molecule has 0 aromatic heterocycles. The summed E-state index contributed by atoms with van der Waals surface area (Å²) in [6.07, 6.45) is 0.268. The van der Waals surface area contributed by atoms with E-state index in [1.807, 2.05) is 43.3 Å². The molecule has 1 aliphatic rings. The van der Waals surface area contributed by atoms with Gasteiger partial charge in [0.15, 0.2) is 17.3 Å². The number of hydrogen-bond donors (Lipinski definition) is 1. The number of nitrogens with one attached hydrogen (secondary N) is 1. The smallest absolute Gasteiger partial charge is 0.224 e. The molecule has 1 amide bonds. The number of benzene rings is 2. The number of ether oxygens (including phenoxy) is 2. The first-order chi connectivity index (χ1) is 12.5. The molecular formula is C20H22N2O4. The molecule has 1 heterocycles. The quantitative estimate of drug-likeness (QED) is 0.807. The van der Waals surface area contributed by atoms with E-state index in [0.717, 1.165) is 5.69 Å². The Labute approximate surface area is 152 Å². The van der Waals surface area contributed by atoms with Crippen molar-refractivity contribution < 1.29 is 19.1 Å². The maximum absolute atomic E-state index is 12.3. The second-order valence-corrected chi connectivity index (χ2v) is 6.27. The van der Waals surface area contributed by atoms with Crippen LogP contribution in [-0.4, -0.2) is 39.0 Å². The standard InChI is InChI=1S/C20H22N2O4/c1-22(2)16-6-4-15(5-7-16)21-20(24)10-8-17(23)14-3-9-18-19(13-14)26-12-11-25-18/h3-7,9,13H,8,10-12H2,1-2H3,(H,21,24). The van der Waals surface area contributed by atoms with Crippen LogP contribution in [0.3, 0.4) is 0 Å². The van der Waals surface area contributed by atoms with Gasteiger partial charge in [-0.3, -0.25) is 9.59 Å². The average molecular weight is 354 g/mol. The van der Waals surface area contributed by atoms with Gasteiger partial charge in [0.1, 0.15) is 13.2 Å². The Morgan fingerprint density at radius 1 is 0.962 bits per heavy atom. The Balaban J connectivity index is 1.53. The molecule has 0 aliphatic carbocycles. The number of amides is 1. The summed E-state index contributed by atoms with van der Waals surface area (Å²) in [7, 11) is 3.91. The Morgan fingerprint density at radius 2 is 1.65 bits per heavy atom. The third-order valence-corrected chi connectivity index (χ3v) is 4.11. The zero-order valence-corrected chi connectivity index (χ0v) is 15.0. The molecule has 0 unspecified atom stereocenters. The number of fused-ring (bicyclic) bond motifs is 1. The molecule has 0 saturated heterocycles. The minimum atomic E-state index is -0.187. The fourth-order valence-electron chi connectivity index (χ4n) is 2.65. The van der Waals surface area contributed by atoms with Gasteiger partial charge in [0.05, 0.1) is 0 Å². The van der Waals surface area contributed by atoms with Crippen LogP contribution in [0.15, 0.2) is 42.5 Å². The minimum Gasteiger partial charge on any atom is -0.486 e. The summed E-state index contributed by atoms with van der Waals surface area (Å²) in [5.74, 6) is 0.938. The van der Waals surface area contributed by atoms with E-state index in [1.54, 1.807) is 18.2 Å². The number of Topliss-reactive ketones (excluding diaryl/α,β-unsaturated/α-hetero) is 1. The molecule has 136 valence electrons. The van der Waals surface area contributed by atoms with Gasteiger partial charge in [-0.05, 0) is 42.5 Å². The molecule has 3 rings (SSSR count). The van der Waals surface area contributed by atoms with Crippen molar-refractivity contribution in [2.75, 3.05) is 37.5 Å². The predicted octanol–water partition coefficient (Wildman–Crippen LogP) is 3.13. The maximum atomic E-state index is 12.3. The molecule has 26 heavy (non-hydrogen) atoms. The Hall–Kier alpha value is -3.02. The van der Waals surface area contributed by atoms with Gasteiger partial charge in [-0.2, -0.15) is 0 Å². The molecule has 1 N–H and O–H groups in total. The Bertz CT molecular complexity index is 800. The zero-order chi connectivity index (χ0) is 18.5. The lowest BCUT2D eigenvalue weighted by molar-refractivity contribution is -0.116. The lowest BCUT2D eigenvalue weighted by Gasteiger charge is -2.18. The van der Waals surface area contributed by atoms with Crippen LogP contribution in [0.25, 0.3) is 0 Å². The van der Waals surface area contributed by atoms with Crippen molar-refractivity contribution in [2.24, 2.45) is 0 Å². The third kappa shape index (κ3) is 4.33. The lowest BCUT2D eigenvalue weighted by atomic mass is 10.1. The van der Waals surface area contributed by atoms with Gasteiger partial charge in [-0.25, -0.2) is 0 Å². The van der Waals surface area contributed by atoms with Crippen LogP contribution in [0.2, 0.25) is 0 Å². The van der Waals surface area contributed by atoms with E-state index in [-0.39, 0.29) is 24.5 Å². The van der Waals surface area contributed by atoms with Crippen LogP contribution in [0.5, 0.6) is 11.5 Å². The van der Waals surface area contributed by atoms with Gasteiger partial charge in [0.2, 0.25) is 5.91 Å². The predicted molar refractivity (Wildman–Crippen MR) is 100 cm³/mol. The van der Waals surface area contributed by atoms with E-state index in [2.05, 4.69) is 5.32 Å². The molecule has 6 heteroatoms. The fraction of sp³-hybridized carbons (Fsp3) is 0.300. The largest absolute Gasteiger partial charge is 0.486 e. The van der Waals surface area contributed by atoms with Crippen molar-refractivity contribution in [3.63, 3.8) is 0 Å². The van der Waals surface area contributed by atoms with Crippen LogP contribution in [0, 0.1) is 0 Å². The summed E-state index contributed by atoms with van der Waals surface area (Å²) in [5.41, 5.74) is 2.29. The second-order valence-electron chi connectivity index (χ2n) is 6.27. The molecular weight excluding hydrogens is 332 g/mol. The molecule has 6 nitrogen and oxygen atoms in total. The summed E-state index contributed by atoms with van der Waals surface area (Å²) in [4.78, 5) is 26.4. The minimum absolute atomic E-state index is 0.0971. The number of rotatable bonds is 6. The van der Waals surface area contributed by atoms with Crippen molar-refractivity contribution in [3.8, 4) is 11.5 Å². The first kappa shape index (κ1) is 17.8. The van der Waals surface area contributed by atoms with Gasteiger partial charge in [-0.1, -0.05) is 0 Å². The monoisotopic (exact) mass is 354 g/mol. The third-order valence-electron chi connectivity index (χ3n) is 4.11. The van der Waals surface area contributed by atoms with Gasteiger partial charge in [-0.15, -0.1) is 0 Å². The summed E-state index contributed by atoms with van der Waals surface area (Å²) in [6.45, 7) is 0.982. The number of hydrogen-bond acceptors (Lipinski definition) is 5. The Kier molecular flexibility index (Phi) is 5.41. The highest BCUT2D eigenvalue weighted by Crippen LogP contribution is 2.31. The Morgan fingerprint density at radius 3 is 2.35 bits per heavy atom. The van der Waals surface area contributed by atoms with Gasteiger partial charge in [0, 0.05) is 43.9 Å². The van der Waals surface area contributed by atoms with Crippen LogP contribution < -0.4 is 19.7 Å². The maximum Gasteiger partial charge on any atom is 0.224 e. The summed E-state index contributed by atoms with van der Waals surface area (Å²) in [6, 6.07) is 12.6. The normalized spacial score (nSPS) is 12.4. The number of ketones is 1. The average Bonchev–Trinajstić information content (AvgIpc) is 2.66. The number of nitrogens with zero attached hydrogens (tertiary/aromatic N) is 1. The van der Waals surface area contributed by atoms with Gasteiger partial charge >= 0.3 is 0 Å². The molecule has 1 aliphatic heterocycles. The highest BCUT2D eigenvalue weighted by molar-refractivity contribution is 6.00. The molecule has 0 radical (unpaired) electrons. The molecule has 2 aromatic rings. The van der Waals surface area contributed by atoms with Crippen LogP contribution >= 0.6 is 0 Å².